The van der Waals surface area contributed by atoms with Crippen molar-refractivity contribution in [1.82, 2.24) is 45.4 Å². The molecule has 0 atom stereocenters. The monoisotopic (exact) mass is 1600 g/mol. The Labute approximate surface area is 652 Å². The number of H-pyrrole nitrogens is 1. The number of halogens is 9. The highest BCUT2D eigenvalue weighted by molar-refractivity contribution is 5.90. The Bertz CT molecular complexity index is 4400. The molecule has 6 fully saturated rings. The molecular weight excluding hydrogens is 1510 g/mol. The zero-order valence-electron chi connectivity index (χ0n) is 63.3. The van der Waals surface area contributed by atoms with Crippen LogP contribution in [0.1, 0.15) is 200 Å². The van der Waals surface area contributed by atoms with Crippen LogP contribution in [0.15, 0.2) is 121 Å². The van der Waals surface area contributed by atoms with Crippen molar-refractivity contribution in [2.24, 2.45) is 0 Å². The highest BCUT2D eigenvalue weighted by atomic mass is 19.4. The molecule has 0 bridgehead atoms. The number of aliphatic carboxylic acids is 1. The third kappa shape index (κ3) is 23.0. The standard InChI is InChI=1S/C30H36F2N4O4.C28H32F2N4O4.C20H24F2N4O3.C2HF3O2/c1-3-39-29(37)27-28(36(34-33-27)20-21-4-12-25(38-2)13-5-21)40-26-14-8-23(9-15-26)22-6-10-24(11-7-22)35-18-16-30(31,32)17-19-35;1-37-23-10-2-19(3-11-23)18-34-26(25(27(35)36)31-32-34)38-24-12-6-21(7-13-24)20-4-8-22(9-5-20)33-16-14-28(29,30)15-17-33;21-20(22)9-11-26(12-10-20)15-5-1-13(2-6-15)14-3-7-16(8-4-14)29-18-17(19(27)28)23-25-24-18;3-2(4,5)1(6)7/h4-7,10-13,23,26H,3,8-9,14-20H2,1-2H3;2-5,8-11,21,24H,6-7,12-18H2,1H3,(H,35,36);1-2,5-6,14,16H,3-4,7-12H2,(H,27,28)(H,23,24,25);(H,6,7). The molecule has 6 heterocycles. The van der Waals surface area contributed by atoms with Crippen molar-refractivity contribution in [3.05, 3.63) is 166 Å². The minimum atomic E-state index is -5.08. The van der Waals surface area contributed by atoms with Crippen LogP contribution < -0.4 is 38.4 Å². The summed E-state index contributed by atoms with van der Waals surface area (Å²) in [5, 5.41) is 51.6. The number of nitrogens with one attached hydrogen (secondary N) is 1. The summed E-state index contributed by atoms with van der Waals surface area (Å²) in [5.41, 5.74) is 8.36. The summed E-state index contributed by atoms with van der Waals surface area (Å²) < 4.78 is 149. The number of aromatic nitrogens is 9. The number of carboxylic acids is 3. The van der Waals surface area contributed by atoms with Crippen LogP contribution in [0.3, 0.4) is 0 Å². The number of hydrogen-bond acceptors (Lipinski definition) is 19. The smallest absolute Gasteiger partial charge is 0.490 e. The van der Waals surface area contributed by atoms with Crippen LogP contribution in [0.4, 0.5) is 56.6 Å². The van der Waals surface area contributed by atoms with E-state index in [1.807, 2.05) is 87.5 Å². The summed E-state index contributed by atoms with van der Waals surface area (Å²) in [7, 11) is 3.22. The SMILES string of the molecule is CCOC(=O)c1nnn(Cc2ccc(OC)cc2)c1OC1CCC(c2ccc(N3CCC(F)(F)CC3)cc2)CC1.COc1ccc(Cn2nnc(C(=O)O)c2OC2CCC(c3ccc(N4CCC(F)(F)CC4)cc3)CC2)cc1.O=C(O)C(F)(F)F.O=C(O)c1[nH]nnc1OC1CCC(c2ccc(N3CCC(F)(F)CC3)cc2)CC1. The number of methoxy groups -OCH3 is 2. The number of ether oxygens (including phenoxy) is 6. The number of aromatic carboxylic acids is 2. The third-order valence-electron chi connectivity index (χ3n) is 21.5. The van der Waals surface area contributed by atoms with E-state index in [1.165, 1.54) is 21.4 Å². The molecule has 25 nitrogen and oxygen atoms in total. The molecule has 34 heteroatoms. The quantitative estimate of drug-likeness (QED) is 0.0362. The van der Waals surface area contributed by atoms with Gasteiger partial charge in [0, 0.05) is 94.9 Å². The van der Waals surface area contributed by atoms with Crippen molar-refractivity contribution in [2.75, 3.05) is 74.8 Å². The van der Waals surface area contributed by atoms with E-state index in [9.17, 15) is 59.0 Å². The van der Waals surface area contributed by atoms with Gasteiger partial charge >= 0.3 is 30.1 Å². The Hall–Kier alpha value is -10.8. The Kier molecular flexibility index (Phi) is 27.9. The van der Waals surface area contributed by atoms with E-state index in [2.05, 4.69) is 84.6 Å². The van der Waals surface area contributed by atoms with Gasteiger partial charge in [-0.2, -0.15) is 13.2 Å². The highest BCUT2D eigenvalue weighted by Crippen LogP contribution is 2.42. The van der Waals surface area contributed by atoms with Gasteiger partial charge in [0.15, 0.2) is 0 Å². The van der Waals surface area contributed by atoms with Crippen LogP contribution in [0.5, 0.6) is 29.1 Å². The summed E-state index contributed by atoms with van der Waals surface area (Å²) in [6.07, 6.45) is 4.43. The number of esters is 1. The molecule has 3 aliphatic heterocycles. The normalized spacial score (nSPS) is 21.2. The zero-order valence-corrected chi connectivity index (χ0v) is 63.3. The van der Waals surface area contributed by atoms with Crippen molar-refractivity contribution >= 4 is 40.9 Å². The molecular formula is C80H93F9N12O13. The van der Waals surface area contributed by atoms with Gasteiger partial charge in [-0.15, -0.1) is 10.2 Å². The molecule has 5 aromatic carbocycles. The number of nitrogens with zero attached hydrogens (tertiary/aromatic N) is 11. The first-order valence-electron chi connectivity index (χ1n) is 38.2. The van der Waals surface area contributed by atoms with Gasteiger partial charge in [-0.3, -0.25) is 0 Å². The zero-order chi connectivity index (χ0) is 81.3. The number of carboxylic acid groups (broad SMARTS) is 3. The predicted octanol–water partition coefficient (Wildman–Crippen LogP) is 15.7. The maximum Gasteiger partial charge on any atom is 0.490 e. The van der Waals surface area contributed by atoms with Gasteiger partial charge < -0.3 is 58.4 Å². The minimum Gasteiger partial charge on any atom is -0.497 e. The van der Waals surface area contributed by atoms with Crippen LogP contribution in [-0.4, -0.2) is 187 Å². The van der Waals surface area contributed by atoms with Crippen LogP contribution in [0, 0.1) is 0 Å². The number of benzene rings is 5. The van der Waals surface area contributed by atoms with E-state index in [0.29, 0.717) is 76.0 Å². The molecule has 114 heavy (non-hydrogen) atoms. The molecule has 4 N–H and O–H groups in total. The first-order valence-corrected chi connectivity index (χ1v) is 38.2. The molecule has 0 radical (unpaired) electrons. The molecule has 3 aromatic heterocycles. The van der Waals surface area contributed by atoms with E-state index in [0.717, 1.165) is 117 Å². The minimum absolute atomic E-state index is 0.0393. The lowest BCUT2D eigenvalue weighted by Crippen LogP contribution is -2.39. The van der Waals surface area contributed by atoms with Crippen LogP contribution in [0.2, 0.25) is 0 Å². The topological polar surface area (TPSA) is 297 Å². The van der Waals surface area contributed by atoms with E-state index in [-0.39, 0.29) is 92.3 Å². The van der Waals surface area contributed by atoms with Gasteiger partial charge in [0.2, 0.25) is 28.8 Å². The summed E-state index contributed by atoms with van der Waals surface area (Å²) in [4.78, 5) is 50.4. The number of carbonyl (C=O) groups excluding carboxylic acids is 1. The van der Waals surface area contributed by atoms with Gasteiger partial charge in [0.25, 0.3) is 23.6 Å². The Morgan fingerprint density at radius 2 is 0.781 bits per heavy atom. The molecule has 14 rings (SSSR count). The first-order chi connectivity index (χ1) is 54.5. The lowest BCUT2D eigenvalue weighted by molar-refractivity contribution is -0.192. The molecule has 6 aliphatic rings. The van der Waals surface area contributed by atoms with Crippen molar-refractivity contribution in [3.63, 3.8) is 0 Å². The van der Waals surface area contributed by atoms with Crippen molar-refractivity contribution in [3.8, 4) is 29.1 Å². The lowest BCUT2D eigenvalue weighted by atomic mass is 9.82. The van der Waals surface area contributed by atoms with Crippen LogP contribution in [0.25, 0.3) is 0 Å². The number of anilines is 3. The van der Waals surface area contributed by atoms with Gasteiger partial charge in [-0.25, -0.2) is 60.0 Å². The summed E-state index contributed by atoms with van der Waals surface area (Å²) >= 11 is 0. The number of piperidine rings is 3. The van der Waals surface area contributed by atoms with E-state index in [1.54, 1.807) is 25.8 Å². The summed E-state index contributed by atoms with van der Waals surface area (Å²) in [5.74, 6) is -10.0. The molecule has 0 unspecified atom stereocenters. The maximum atomic E-state index is 13.5. The fourth-order valence-electron chi connectivity index (χ4n) is 14.9. The second-order valence-corrected chi connectivity index (χ2v) is 29.2. The van der Waals surface area contributed by atoms with Gasteiger partial charge in [0.1, 0.15) is 29.8 Å². The van der Waals surface area contributed by atoms with Crippen molar-refractivity contribution in [1.29, 1.82) is 0 Å². The number of alkyl halides is 9. The van der Waals surface area contributed by atoms with Gasteiger partial charge in [0.05, 0.1) is 33.9 Å². The molecule has 0 amide bonds. The number of hydrogen-bond donors (Lipinski definition) is 4. The average molecular weight is 1600 g/mol. The third-order valence-corrected chi connectivity index (χ3v) is 21.5. The van der Waals surface area contributed by atoms with Crippen LogP contribution in [-0.2, 0) is 22.6 Å². The largest absolute Gasteiger partial charge is 0.497 e. The number of rotatable bonds is 22. The first kappa shape index (κ1) is 84.1. The molecule has 8 aromatic rings. The highest BCUT2D eigenvalue weighted by Gasteiger charge is 2.40. The van der Waals surface area contributed by atoms with E-state index >= 15 is 0 Å². The summed E-state index contributed by atoms with van der Waals surface area (Å²) in [6, 6.07) is 39.9. The Balaban J connectivity index is 0.000000163. The number of carbonyl (C=O) groups is 4. The predicted molar refractivity (Wildman–Crippen MR) is 400 cm³/mol. The maximum absolute atomic E-state index is 13.5. The lowest BCUT2D eigenvalue weighted by Gasteiger charge is -2.34. The fraction of sp³-hybridized carbons (Fsp3) is 0.500. The second-order valence-electron chi connectivity index (χ2n) is 29.2. The molecule has 3 saturated carbocycles. The van der Waals surface area contributed by atoms with E-state index < -0.39 is 47.8 Å². The second kappa shape index (κ2) is 37.9. The number of aromatic amines is 1. The molecule has 3 saturated heterocycles. The van der Waals surface area contributed by atoms with Gasteiger partial charge in [-0.1, -0.05) is 81.4 Å². The molecule has 0 spiro atoms. The Morgan fingerprint density at radius 1 is 0.456 bits per heavy atom. The van der Waals surface area contributed by atoms with Gasteiger partial charge in [-0.05, 0) is 190 Å². The van der Waals surface area contributed by atoms with E-state index in [4.69, 9.17) is 43.4 Å². The Morgan fingerprint density at radius 3 is 1.09 bits per heavy atom. The average Bonchev–Trinajstić information content (AvgIpc) is 1.55. The van der Waals surface area contributed by atoms with Crippen LogP contribution >= 0.6 is 0 Å². The van der Waals surface area contributed by atoms with Crippen molar-refractivity contribution in [2.45, 2.75) is 196 Å². The van der Waals surface area contributed by atoms with Crippen molar-refractivity contribution < 1.29 is 102 Å². The fourth-order valence-corrected chi connectivity index (χ4v) is 14.9. The molecule has 3 aliphatic carbocycles. The summed E-state index contributed by atoms with van der Waals surface area (Å²) in [6.45, 7) is 4.98. The molecule has 614 valence electrons.